The summed E-state index contributed by atoms with van der Waals surface area (Å²) in [5.74, 6) is -1.10. The summed E-state index contributed by atoms with van der Waals surface area (Å²) in [6.07, 6.45) is -4.54. The van der Waals surface area contributed by atoms with Gasteiger partial charge >= 0.3 is 12.1 Å². The summed E-state index contributed by atoms with van der Waals surface area (Å²) in [5.41, 5.74) is -1.06. The van der Waals surface area contributed by atoms with Crippen LogP contribution in [-0.4, -0.2) is 33.9 Å². The monoisotopic (exact) mass is 403 g/mol. The van der Waals surface area contributed by atoms with Crippen molar-refractivity contribution in [3.63, 3.8) is 0 Å². The number of hydrogen-bond acceptors (Lipinski definition) is 7. The van der Waals surface area contributed by atoms with Gasteiger partial charge in [0.2, 0.25) is 5.89 Å². The highest BCUT2D eigenvalue weighted by Gasteiger charge is 2.30. The number of aromatic nitrogens is 2. The first kappa shape index (κ1) is 20.7. The molecule has 2 rings (SSSR count). The Morgan fingerprint density at radius 1 is 1.33 bits per heavy atom. The van der Waals surface area contributed by atoms with Gasteiger partial charge in [-0.15, -0.1) is 10.2 Å². The van der Waals surface area contributed by atoms with Crippen LogP contribution in [-0.2, 0) is 22.3 Å². The zero-order chi connectivity index (χ0) is 20.0. The summed E-state index contributed by atoms with van der Waals surface area (Å²) >= 11 is 0.995. The fraction of sp³-hybridized carbons (Fsp3) is 0.375. The average Bonchev–Trinajstić information content (AvgIpc) is 3.06. The van der Waals surface area contributed by atoms with Crippen LogP contribution in [0.2, 0.25) is 0 Å². The molecular formula is C16H16F3N3O4S. The van der Waals surface area contributed by atoms with E-state index in [0.29, 0.717) is 0 Å². The molecule has 2 aromatic rings. The van der Waals surface area contributed by atoms with Crippen molar-refractivity contribution in [2.75, 3.05) is 6.61 Å². The van der Waals surface area contributed by atoms with E-state index in [1.807, 2.05) is 0 Å². The number of rotatable bonds is 7. The van der Waals surface area contributed by atoms with Crippen LogP contribution in [0, 0.1) is 0 Å². The molecular weight excluding hydrogens is 387 g/mol. The van der Waals surface area contributed by atoms with Crippen LogP contribution in [0.15, 0.2) is 33.9 Å². The van der Waals surface area contributed by atoms with Crippen molar-refractivity contribution in [2.45, 2.75) is 37.0 Å². The van der Waals surface area contributed by atoms with Crippen molar-refractivity contribution in [3.8, 4) is 0 Å². The van der Waals surface area contributed by atoms with Gasteiger partial charge in [-0.05, 0) is 32.0 Å². The van der Waals surface area contributed by atoms with Crippen LogP contribution in [0.3, 0.4) is 0 Å². The average molecular weight is 403 g/mol. The third kappa shape index (κ3) is 5.98. The molecule has 1 heterocycles. The molecule has 0 bridgehead atoms. The van der Waals surface area contributed by atoms with Crippen molar-refractivity contribution < 1.29 is 31.9 Å². The van der Waals surface area contributed by atoms with Crippen LogP contribution in [0.25, 0.3) is 0 Å². The van der Waals surface area contributed by atoms with E-state index < -0.39 is 28.9 Å². The highest BCUT2D eigenvalue weighted by molar-refractivity contribution is 8.00. The lowest BCUT2D eigenvalue weighted by Crippen LogP contribution is -2.23. The molecule has 1 amide bonds. The molecule has 0 saturated carbocycles. The standard InChI is InChI=1S/C16H16F3N3O4S/c1-3-25-14(24)9(2)27-15-22-21-12(26-15)8-20-13(23)10-5-4-6-11(7-10)16(17,18)19/h4-7,9H,3,8H2,1-2H3,(H,20,23)/t9-/m1/s1. The minimum absolute atomic E-state index is 0.0499. The molecule has 0 unspecified atom stereocenters. The first-order valence-electron chi connectivity index (χ1n) is 7.81. The van der Waals surface area contributed by atoms with Gasteiger partial charge in [-0.3, -0.25) is 9.59 Å². The van der Waals surface area contributed by atoms with Gasteiger partial charge in [0.1, 0.15) is 5.25 Å². The molecule has 0 fully saturated rings. The second-order valence-electron chi connectivity index (χ2n) is 5.24. The van der Waals surface area contributed by atoms with E-state index in [1.165, 1.54) is 6.07 Å². The lowest BCUT2D eigenvalue weighted by Gasteiger charge is -2.08. The zero-order valence-electron chi connectivity index (χ0n) is 14.4. The molecule has 0 spiro atoms. The topological polar surface area (TPSA) is 94.3 Å². The molecule has 0 aliphatic rings. The number of carbonyl (C=O) groups excluding carboxylic acids is 2. The number of ether oxygens (including phenoxy) is 1. The number of amides is 1. The van der Waals surface area contributed by atoms with Gasteiger partial charge in [0.15, 0.2) is 0 Å². The number of hydrogen-bond donors (Lipinski definition) is 1. The number of carbonyl (C=O) groups is 2. The number of esters is 1. The third-order valence-corrected chi connectivity index (χ3v) is 4.11. The normalized spacial score (nSPS) is 12.5. The Morgan fingerprint density at radius 2 is 2.07 bits per heavy atom. The summed E-state index contributed by atoms with van der Waals surface area (Å²) in [6.45, 7) is 3.38. The lowest BCUT2D eigenvalue weighted by atomic mass is 10.1. The summed E-state index contributed by atoms with van der Waals surface area (Å²) in [7, 11) is 0. The Balaban J connectivity index is 1.93. The maximum absolute atomic E-state index is 12.7. The van der Waals surface area contributed by atoms with Crippen LogP contribution in [0.5, 0.6) is 0 Å². The minimum atomic E-state index is -4.54. The molecule has 0 aliphatic carbocycles. The highest BCUT2D eigenvalue weighted by Crippen LogP contribution is 2.29. The predicted molar refractivity (Wildman–Crippen MR) is 88.9 cm³/mol. The predicted octanol–water partition coefficient (Wildman–Crippen LogP) is 3.06. The summed E-state index contributed by atoms with van der Waals surface area (Å²) in [4.78, 5) is 23.6. The Hall–Kier alpha value is -2.56. The van der Waals surface area contributed by atoms with Gasteiger partial charge in [0.25, 0.3) is 11.1 Å². The zero-order valence-corrected chi connectivity index (χ0v) is 15.2. The van der Waals surface area contributed by atoms with Gasteiger partial charge < -0.3 is 14.5 Å². The first-order chi connectivity index (χ1) is 12.7. The Kier molecular flexibility index (Phi) is 6.83. The van der Waals surface area contributed by atoms with E-state index in [2.05, 4.69) is 15.5 Å². The maximum atomic E-state index is 12.7. The molecule has 11 heteroatoms. The van der Waals surface area contributed by atoms with Crippen molar-refractivity contribution >= 4 is 23.6 Å². The van der Waals surface area contributed by atoms with Crippen LogP contribution >= 0.6 is 11.8 Å². The second-order valence-corrected chi connectivity index (χ2v) is 6.53. The Labute approximate surface area is 156 Å². The van der Waals surface area contributed by atoms with Crippen LogP contribution < -0.4 is 5.32 Å². The van der Waals surface area contributed by atoms with Crippen molar-refractivity contribution in [2.24, 2.45) is 0 Å². The van der Waals surface area contributed by atoms with Crippen LogP contribution in [0.4, 0.5) is 13.2 Å². The van der Waals surface area contributed by atoms with Gasteiger partial charge in [-0.25, -0.2) is 0 Å². The SMILES string of the molecule is CCOC(=O)[C@@H](C)Sc1nnc(CNC(=O)c2cccc(C(F)(F)F)c2)o1. The summed E-state index contributed by atoms with van der Waals surface area (Å²) in [6, 6.07) is 4.05. The quantitative estimate of drug-likeness (QED) is 0.561. The summed E-state index contributed by atoms with van der Waals surface area (Å²) < 4.78 is 48.2. The molecule has 1 N–H and O–H groups in total. The van der Waals surface area contributed by atoms with E-state index in [-0.39, 0.29) is 29.8 Å². The van der Waals surface area contributed by atoms with Crippen molar-refractivity contribution in [1.82, 2.24) is 15.5 Å². The highest BCUT2D eigenvalue weighted by atomic mass is 32.2. The Morgan fingerprint density at radius 3 is 2.74 bits per heavy atom. The minimum Gasteiger partial charge on any atom is -0.465 e. The fourth-order valence-corrected chi connectivity index (χ4v) is 2.61. The second kappa shape index (κ2) is 8.89. The van der Waals surface area contributed by atoms with Gasteiger partial charge in [0.05, 0.1) is 18.7 Å². The van der Waals surface area contributed by atoms with E-state index >= 15 is 0 Å². The molecule has 27 heavy (non-hydrogen) atoms. The van der Waals surface area contributed by atoms with E-state index in [0.717, 1.165) is 30.0 Å². The molecule has 146 valence electrons. The molecule has 0 saturated heterocycles. The smallest absolute Gasteiger partial charge is 0.416 e. The van der Waals surface area contributed by atoms with Gasteiger partial charge in [-0.1, -0.05) is 17.8 Å². The van der Waals surface area contributed by atoms with E-state index in [1.54, 1.807) is 13.8 Å². The molecule has 0 radical (unpaired) electrons. The van der Waals surface area contributed by atoms with E-state index in [4.69, 9.17) is 9.15 Å². The van der Waals surface area contributed by atoms with Gasteiger partial charge in [0, 0.05) is 5.56 Å². The van der Waals surface area contributed by atoms with Crippen molar-refractivity contribution in [1.29, 1.82) is 0 Å². The summed E-state index contributed by atoms with van der Waals surface area (Å²) in [5, 5.41) is 9.40. The van der Waals surface area contributed by atoms with Crippen molar-refractivity contribution in [3.05, 3.63) is 41.3 Å². The van der Waals surface area contributed by atoms with Crippen LogP contribution in [0.1, 0.15) is 35.7 Å². The molecule has 1 atom stereocenters. The molecule has 0 aliphatic heterocycles. The first-order valence-corrected chi connectivity index (χ1v) is 8.69. The molecule has 1 aromatic heterocycles. The Bertz CT molecular complexity index is 810. The number of halogens is 3. The van der Waals surface area contributed by atoms with Gasteiger partial charge in [-0.2, -0.15) is 13.2 Å². The number of benzene rings is 1. The van der Waals surface area contributed by atoms with E-state index in [9.17, 15) is 22.8 Å². The number of thioether (sulfide) groups is 1. The molecule has 1 aromatic carbocycles. The maximum Gasteiger partial charge on any atom is 0.416 e. The molecule has 7 nitrogen and oxygen atoms in total. The third-order valence-electron chi connectivity index (χ3n) is 3.20. The fourth-order valence-electron chi connectivity index (χ4n) is 1.91. The largest absolute Gasteiger partial charge is 0.465 e. The number of alkyl halides is 3. The lowest BCUT2D eigenvalue weighted by molar-refractivity contribution is -0.142. The number of nitrogens with zero attached hydrogens (tertiary/aromatic N) is 2. The number of nitrogens with one attached hydrogen (secondary N) is 1.